The molecule has 0 aliphatic carbocycles. The van der Waals surface area contributed by atoms with Crippen molar-refractivity contribution in [1.29, 1.82) is 0 Å². The highest BCUT2D eigenvalue weighted by Crippen LogP contribution is 2.26. The Morgan fingerprint density at radius 2 is 1.58 bits per heavy atom. The Balaban J connectivity index is 0.000000572. The lowest BCUT2D eigenvalue weighted by molar-refractivity contribution is -0.192. The van der Waals surface area contributed by atoms with Crippen molar-refractivity contribution in [2.45, 2.75) is 32.5 Å². The molecule has 1 saturated heterocycles. The predicted octanol–water partition coefficient (Wildman–Crippen LogP) is 3.36. The van der Waals surface area contributed by atoms with Crippen molar-refractivity contribution >= 4 is 46.7 Å². The summed E-state index contributed by atoms with van der Waals surface area (Å²) in [5.41, 5.74) is 1.38. The van der Waals surface area contributed by atoms with E-state index < -0.39 is 36.0 Å². The number of hydrogen-bond donors (Lipinski definition) is 4. The SMILES string of the molecule is CC(C)C(=O)Nc1cccc(NC2CC(=O)N(c3cccc(C(=O)O)c3)C2=O)c1.O=C(O)C(F)(F)F. The van der Waals surface area contributed by atoms with Gasteiger partial charge in [-0.2, -0.15) is 13.2 Å². The van der Waals surface area contributed by atoms with Gasteiger partial charge in [0.05, 0.1) is 17.7 Å². The minimum Gasteiger partial charge on any atom is -0.478 e. The van der Waals surface area contributed by atoms with E-state index in [1.165, 1.54) is 24.3 Å². The minimum absolute atomic E-state index is 0.00638. The molecular formula is C23H22F3N3O7. The molecule has 3 rings (SSSR count). The maximum atomic E-state index is 12.8. The molecule has 0 aromatic heterocycles. The number of halogens is 3. The standard InChI is InChI=1S/C21H21N3O5.C2HF3O2/c1-12(2)19(26)23-15-7-4-6-14(10-15)22-17-11-18(25)24(20(17)27)16-8-3-5-13(9-16)21(28)29;3-2(4,5)1(6)7/h3-10,12,17,22H,11H2,1-2H3,(H,23,26)(H,28,29);(H,6,7). The molecule has 36 heavy (non-hydrogen) atoms. The number of aliphatic carboxylic acids is 1. The number of rotatable bonds is 6. The quantitative estimate of drug-likeness (QED) is 0.433. The first-order valence-corrected chi connectivity index (χ1v) is 10.4. The number of carboxylic acid groups (broad SMARTS) is 2. The molecule has 0 radical (unpaired) electrons. The minimum atomic E-state index is -5.08. The zero-order valence-electron chi connectivity index (χ0n) is 19.0. The van der Waals surface area contributed by atoms with E-state index in [0.717, 1.165) is 4.90 Å². The van der Waals surface area contributed by atoms with Gasteiger partial charge in [-0.3, -0.25) is 14.4 Å². The first-order chi connectivity index (χ1) is 16.7. The summed E-state index contributed by atoms with van der Waals surface area (Å²) in [7, 11) is 0. The summed E-state index contributed by atoms with van der Waals surface area (Å²) in [5, 5.41) is 22.1. The fourth-order valence-corrected chi connectivity index (χ4v) is 2.97. The molecule has 1 aliphatic heterocycles. The molecule has 192 valence electrons. The number of hydrogen-bond acceptors (Lipinski definition) is 6. The van der Waals surface area contributed by atoms with Crippen LogP contribution in [0.5, 0.6) is 0 Å². The summed E-state index contributed by atoms with van der Waals surface area (Å²) in [6.45, 7) is 3.57. The lowest BCUT2D eigenvalue weighted by atomic mass is 10.2. The second-order valence-corrected chi connectivity index (χ2v) is 7.85. The first-order valence-electron chi connectivity index (χ1n) is 10.4. The summed E-state index contributed by atoms with van der Waals surface area (Å²) in [5.74, 6) is -5.07. The van der Waals surface area contributed by atoms with Crippen molar-refractivity contribution in [3.8, 4) is 0 Å². The molecule has 0 spiro atoms. The smallest absolute Gasteiger partial charge is 0.478 e. The van der Waals surface area contributed by atoms with Gasteiger partial charge in [0.25, 0.3) is 5.91 Å². The number of nitrogens with zero attached hydrogens (tertiary/aromatic N) is 1. The maximum Gasteiger partial charge on any atom is 0.490 e. The number of aromatic carboxylic acids is 1. The largest absolute Gasteiger partial charge is 0.490 e. The van der Waals surface area contributed by atoms with Crippen LogP contribution < -0.4 is 15.5 Å². The van der Waals surface area contributed by atoms with Crippen LogP contribution in [-0.4, -0.2) is 52.1 Å². The molecule has 1 fully saturated rings. The van der Waals surface area contributed by atoms with Crippen molar-refractivity contribution in [2.24, 2.45) is 5.92 Å². The van der Waals surface area contributed by atoms with E-state index in [4.69, 9.17) is 15.0 Å². The summed E-state index contributed by atoms with van der Waals surface area (Å²) in [4.78, 5) is 58.1. The van der Waals surface area contributed by atoms with Gasteiger partial charge < -0.3 is 20.8 Å². The number of carboxylic acids is 2. The molecule has 4 N–H and O–H groups in total. The average Bonchev–Trinajstić information content (AvgIpc) is 3.06. The predicted molar refractivity (Wildman–Crippen MR) is 122 cm³/mol. The van der Waals surface area contributed by atoms with Crippen molar-refractivity contribution < 1.29 is 47.4 Å². The fraction of sp³-hybridized carbons (Fsp3) is 0.261. The molecule has 10 nitrogen and oxygen atoms in total. The van der Waals surface area contributed by atoms with Gasteiger partial charge >= 0.3 is 18.1 Å². The third kappa shape index (κ3) is 7.29. The fourth-order valence-electron chi connectivity index (χ4n) is 2.97. The van der Waals surface area contributed by atoms with Crippen LogP contribution in [0, 0.1) is 5.92 Å². The average molecular weight is 509 g/mol. The van der Waals surface area contributed by atoms with Gasteiger partial charge in [-0.15, -0.1) is 0 Å². The van der Waals surface area contributed by atoms with Crippen LogP contribution in [0.4, 0.5) is 30.2 Å². The third-order valence-corrected chi connectivity index (χ3v) is 4.74. The van der Waals surface area contributed by atoms with Gasteiger partial charge in [0, 0.05) is 17.3 Å². The number of nitrogens with one attached hydrogen (secondary N) is 2. The van der Waals surface area contributed by atoms with E-state index in [9.17, 15) is 32.3 Å². The van der Waals surface area contributed by atoms with Crippen LogP contribution in [0.15, 0.2) is 48.5 Å². The van der Waals surface area contributed by atoms with E-state index in [-0.39, 0.29) is 29.5 Å². The van der Waals surface area contributed by atoms with Crippen LogP contribution in [0.25, 0.3) is 0 Å². The molecule has 1 unspecified atom stereocenters. The van der Waals surface area contributed by atoms with Gasteiger partial charge in [0.1, 0.15) is 6.04 Å². The highest BCUT2D eigenvalue weighted by atomic mass is 19.4. The lowest BCUT2D eigenvalue weighted by Crippen LogP contribution is -2.34. The highest BCUT2D eigenvalue weighted by molar-refractivity contribution is 6.23. The summed E-state index contributed by atoms with van der Waals surface area (Å²) < 4.78 is 31.7. The normalized spacial score (nSPS) is 15.3. The molecule has 3 amide bonds. The molecule has 2 aromatic rings. The van der Waals surface area contributed by atoms with E-state index >= 15 is 0 Å². The van der Waals surface area contributed by atoms with Gasteiger partial charge in [-0.05, 0) is 36.4 Å². The Morgan fingerprint density at radius 3 is 2.14 bits per heavy atom. The second kappa shape index (κ2) is 11.3. The highest BCUT2D eigenvalue weighted by Gasteiger charge is 2.40. The van der Waals surface area contributed by atoms with Crippen molar-refractivity contribution in [2.75, 3.05) is 15.5 Å². The lowest BCUT2D eigenvalue weighted by Gasteiger charge is -2.17. The van der Waals surface area contributed by atoms with E-state index in [1.54, 1.807) is 38.1 Å². The summed E-state index contributed by atoms with van der Waals surface area (Å²) in [6, 6.07) is 11.8. The number of amides is 3. The van der Waals surface area contributed by atoms with Gasteiger partial charge in [0.15, 0.2) is 0 Å². The molecule has 0 bridgehead atoms. The summed E-state index contributed by atoms with van der Waals surface area (Å²) >= 11 is 0. The Bertz CT molecular complexity index is 1180. The Hall–Kier alpha value is -4.42. The molecule has 13 heteroatoms. The topological polar surface area (TPSA) is 153 Å². The van der Waals surface area contributed by atoms with Gasteiger partial charge in [-0.1, -0.05) is 26.0 Å². The van der Waals surface area contributed by atoms with Crippen molar-refractivity contribution in [3.05, 3.63) is 54.1 Å². The van der Waals surface area contributed by atoms with Crippen molar-refractivity contribution in [1.82, 2.24) is 0 Å². The van der Waals surface area contributed by atoms with E-state index in [2.05, 4.69) is 10.6 Å². The van der Waals surface area contributed by atoms with Crippen LogP contribution in [-0.2, 0) is 19.2 Å². The third-order valence-electron chi connectivity index (χ3n) is 4.74. The maximum absolute atomic E-state index is 12.8. The number of alkyl halides is 3. The van der Waals surface area contributed by atoms with Crippen molar-refractivity contribution in [3.63, 3.8) is 0 Å². The van der Waals surface area contributed by atoms with Crippen LogP contribution in [0.3, 0.4) is 0 Å². The summed E-state index contributed by atoms with van der Waals surface area (Å²) in [6.07, 6.45) is -5.14. The zero-order valence-corrected chi connectivity index (χ0v) is 19.0. The Morgan fingerprint density at radius 1 is 1.00 bits per heavy atom. The van der Waals surface area contributed by atoms with E-state index in [0.29, 0.717) is 11.4 Å². The van der Waals surface area contributed by atoms with Crippen LogP contribution >= 0.6 is 0 Å². The molecule has 0 saturated carbocycles. The van der Waals surface area contributed by atoms with E-state index in [1.807, 2.05) is 0 Å². The molecule has 1 aliphatic rings. The Labute approximate surface area is 202 Å². The number of benzene rings is 2. The molecule has 2 aromatic carbocycles. The molecular weight excluding hydrogens is 487 g/mol. The monoisotopic (exact) mass is 509 g/mol. The number of imide groups is 1. The van der Waals surface area contributed by atoms with Gasteiger partial charge in [0.2, 0.25) is 11.8 Å². The zero-order chi connectivity index (χ0) is 27.2. The van der Waals surface area contributed by atoms with Crippen LogP contribution in [0.1, 0.15) is 30.6 Å². The second-order valence-electron chi connectivity index (χ2n) is 7.85. The first kappa shape index (κ1) is 27.8. The molecule has 1 atom stereocenters. The number of carbonyl (C=O) groups is 5. The van der Waals surface area contributed by atoms with Crippen LogP contribution in [0.2, 0.25) is 0 Å². The van der Waals surface area contributed by atoms with Gasteiger partial charge in [-0.25, -0.2) is 14.5 Å². The number of carbonyl (C=O) groups excluding carboxylic acids is 3. The molecule has 1 heterocycles. The number of anilines is 3. The Kier molecular flexibility index (Phi) is 8.76.